The van der Waals surface area contributed by atoms with E-state index in [1.807, 2.05) is 0 Å². The fourth-order valence-electron chi connectivity index (χ4n) is 2.41. The van der Waals surface area contributed by atoms with Crippen LogP contribution in [-0.4, -0.2) is 13.1 Å². The van der Waals surface area contributed by atoms with Crippen molar-refractivity contribution in [1.29, 1.82) is 0 Å². The third kappa shape index (κ3) is 1.96. The molecule has 2 fully saturated rings. The standard InChI is InChI=1S/C10H19N/c1-2-4-9(5-3-1)6-10-7-11-8-10/h9-11H,1-8H2. The van der Waals surface area contributed by atoms with Crippen molar-refractivity contribution < 1.29 is 0 Å². The topological polar surface area (TPSA) is 12.0 Å². The Morgan fingerprint density at radius 3 is 2.18 bits per heavy atom. The third-order valence-corrected chi connectivity index (χ3v) is 3.26. The molecule has 1 N–H and O–H groups in total. The minimum absolute atomic E-state index is 1.04. The Morgan fingerprint density at radius 1 is 0.909 bits per heavy atom. The molecule has 1 heteroatoms. The zero-order chi connectivity index (χ0) is 7.52. The smallest absolute Gasteiger partial charge is 0.000815 e. The van der Waals surface area contributed by atoms with Gasteiger partial charge in [0.05, 0.1) is 0 Å². The fourth-order valence-corrected chi connectivity index (χ4v) is 2.41. The van der Waals surface area contributed by atoms with Crippen LogP contribution in [0.3, 0.4) is 0 Å². The Morgan fingerprint density at radius 2 is 1.64 bits per heavy atom. The van der Waals surface area contributed by atoms with E-state index in [9.17, 15) is 0 Å². The Kier molecular flexibility index (Phi) is 2.47. The van der Waals surface area contributed by atoms with Gasteiger partial charge >= 0.3 is 0 Å². The fraction of sp³-hybridized carbons (Fsp3) is 1.00. The van der Waals surface area contributed by atoms with Crippen LogP contribution in [0.4, 0.5) is 0 Å². The van der Waals surface area contributed by atoms with Crippen LogP contribution >= 0.6 is 0 Å². The third-order valence-electron chi connectivity index (χ3n) is 3.26. The van der Waals surface area contributed by atoms with E-state index in [4.69, 9.17) is 0 Å². The molecule has 0 aromatic rings. The van der Waals surface area contributed by atoms with Crippen LogP contribution in [0.2, 0.25) is 0 Å². The first-order valence-electron chi connectivity index (χ1n) is 5.16. The van der Waals surface area contributed by atoms with Crippen molar-refractivity contribution in [2.45, 2.75) is 38.5 Å². The molecule has 1 nitrogen and oxygen atoms in total. The number of rotatable bonds is 2. The molecular formula is C10H19N. The summed E-state index contributed by atoms with van der Waals surface area (Å²) in [6.07, 6.45) is 9.08. The zero-order valence-corrected chi connectivity index (χ0v) is 7.31. The quantitative estimate of drug-likeness (QED) is 0.641. The summed E-state index contributed by atoms with van der Waals surface area (Å²) in [7, 11) is 0. The normalized spacial score (nSPS) is 28.4. The Balaban J connectivity index is 1.67. The molecular weight excluding hydrogens is 134 g/mol. The van der Waals surface area contributed by atoms with Gasteiger partial charge in [0.25, 0.3) is 0 Å². The molecule has 1 aliphatic heterocycles. The summed E-state index contributed by atoms with van der Waals surface area (Å²) in [6.45, 7) is 2.60. The Hall–Kier alpha value is -0.0400. The highest BCUT2D eigenvalue weighted by molar-refractivity contribution is 4.78. The molecule has 0 aromatic heterocycles. The molecule has 11 heavy (non-hydrogen) atoms. The highest BCUT2D eigenvalue weighted by Gasteiger charge is 2.22. The lowest BCUT2D eigenvalue weighted by Gasteiger charge is -2.32. The van der Waals surface area contributed by atoms with Crippen LogP contribution in [0, 0.1) is 11.8 Å². The minimum atomic E-state index is 1.04. The molecule has 0 bridgehead atoms. The lowest BCUT2D eigenvalue weighted by Crippen LogP contribution is -2.42. The molecule has 64 valence electrons. The zero-order valence-electron chi connectivity index (χ0n) is 7.31. The second-order valence-electron chi connectivity index (χ2n) is 4.26. The van der Waals surface area contributed by atoms with Gasteiger partial charge in [0.15, 0.2) is 0 Å². The molecule has 2 rings (SSSR count). The maximum absolute atomic E-state index is 3.35. The summed E-state index contributed by atoms with van der Waals surface area (Å²) in [5.41, 5.74) is 0. The van der Waals surface area contributed by atoms with E-state index in [1.165, 1.54) is 51.6 Å². The van der Waals surface area contributed by atoms with E-state index in [0.717, 1.165) is 11.8 Å². The van der Waals surface area contributed by atoms with Gasteiger partial charge in [0.2, 0.25) is 0 Å². The van der Waals surface area contributed by atoms with Crippen LogP contribution in [0.15, 0.2) is 0 Å². The van der Waals surface area contributed by atoms with Crippen LogP contribution in [0.5, 0.6) is 0 Å². The van der Waals surface area contributed by atoms with Crippen molar-refractivity contribution in [3.05, 3.63) is 0 Å². The maximum Gasteiger partial charge on any atom is -0.000815 e. The first-order chi connectivity index (χ1) is 5.45. The number of hydrogen-bond acceptors (Lipinski definition) is 1. The first kappa shape index (κ1) is 7.60. The molecule has 0 radical (unpaired) electrons. The molecule has 1 saturated heterocycles. The van der Waals surface area contributed by atoms with Gasteiger partial charge in [0, 0.05) is 0 Å². The van der Waals surface area contributed by atoms with Crippen LogP contribution in [0.1, 0.15) is 38.5 Å². The van der Waals surface area contributed by atoms with Crippen LogP contribution in [-0.2, 0) is 0 Å². The molecule has 1 aliphatic carbocycles. The van der Waals surface area contributed by atoms with Gasteiger partial charge in [-0.15, -0.1) is 0 Å². The number of nitrogens with one attached hydrogen (secondary N) is 1. The van der Waals surface area contributed by atoms with Gasteiger partial charge in [-0.3, -0.25) is 0 Å². The predicted molar refractivity (Wildman–Crippen MR) is 47.6 cm³/mol. The molecule has 2 aliphatic rings. The largest absolute Gasteiger partial charge is 0.316 e. The Labute approximate surface area is 69.6 Å². The monoisotopic (exact) mass is 153 g/mol. The van der Waals surface area contributed by atoms with Gasteiger partial charge in [0.1, 0.15) is 0 Å². The van der Waals surface area contributed by atoms with Crippen molar-refractivity contribution in [1.82, 2.24) is 5.32 Å². The molecule has 0 spiro atoms. The first-order valence-corrected chi connectivity index (χ1v) is 5.16. The van der Waals surface area contributed by atoms with E-state index in [0.29, 0.717) is 0 Å². The second kappa shape index (κ2) is 3.57. The van der Waals surface area contributed by atoms with E-state index in [2.05, 4.69) is 5.32 Å². The summed E-state index contributed by atoms with van der Waals surface area (Å²) in [5.74, 6) is 2.13. The van der Waals surface area contributed by atoms with Gasteiger partial charge in [-0.25, -0.2) is 0 Å². The Bertz CT molecular complexity index is 112. The van der Waals surface area contributed by atoms with Gasteiger partial charge in [-0.05, 0) is 31.3 Å². The summed E-state index contributed by atoms with van der Waals surface area (Å²) in [5, 5.41) is 3.35. The lowest BCUT2D eigenvalue weighted by atomic mass is 9.81. The molecule has 1 saturated carbocycles. The summed E-state index contributed by atoms with van der Waals surface area (Å²) >= 11 is 0. The van der Waals surface area contributed by atoms with E-state index in [-0.39, 0.29) is 0 Å². The minimum Gasteiger partial charge on any atom is -0.316 e. The maximum atomic E-state index is 3.35. The van der Waals surface area contributed by atoms with Crippen molar-refractivity contribution in [2.24, 2.45) is 11.8 Å². The van der Waals surface area contributed by atoms with Crippen LogP contribution in [0.25, 0.3) is 0 Å². The highest BCUT2D eigenvalue weighted by atomic mass is 14.9. The molecule has 1 heterocycles. The molecule has 0 atom stereocenters. The summed E-state index contributed by atoms with van der Waals surface area (Å²) < 4.78 is 0. The predicted octanol–water partition coefficient (Wildman–Crippen LogP) is 2.18. The average molecular weight is 153 g/mol. The van der Waals surface area contributed by atoms with Crippen molar-refractivity contribution in [3.63, 3.8) is 0 Å². The van der Waals surface area contributed by atoms with Crippen LogP contribution < -0.4 is 5.32 Å². The average Bonchev–Trinajstić information content (AvgIpc) is 1.99. The summed E-state index contributed by atoms with van der Waals surface area (Å²) in [4.78, 5) is 0. The van der Waals surface area contributed by atoms with Gasteiger partial charge < -0.3 is 5.32 Å². The summed E-state index contributed by atoms with van der Waals surface area (Å²) in [6, 6.07) is 0. The highest BCUT2D eigenvalue weighted by Crippen LogP contribution is 2.29. The lowest BCUT2D eigenvalue weighted by molar-refractivity contribution is 0.235. The molecule has 0 unspecified atom stereocenters. The van der Waals surface area contributed by atoms with E-state index >= 15 is 0 Å². The molecule has 0 aromatic carbocycles. The van der Waals surface area contributed by atoms with Crippen molar-refractivity contribution in [3.8, 4) is 0 Å². The van der Waals surface area contributed by atoms with E-state index in [1.54, 1.807) is 0 Å². The van der Waals surface area contributed by atoms with Gasteiger partial charge in [-0.1, -0.05) is 32.1 Å². The van der Waals surface area contributed by atoms with Crippen molar-refractivity contribution >= 4 is 0 Å². The number of hydrogen-bond donors (Lipinski definition) is 1. The second-order valence-corrected chi connectivity index (χ2v) is 4.26. The SMILES string of the molecule is C1CCC(CC2CNC2)CC1. The van der Waals surface area contributed by atoms with Gasteiger partial charge in [-0.2, -0.15) is 0 Å². The van der Waals surface area contributed by atoms with Crippen molar-refractivity contribution in [2.75, 3.05) is 13.1 Å². The van der Waals surface area contributed by atoms with E-state index < -0.39 is 0 Å². The molecule has 0 amide bonds.